The van der Waals surface area contributed by atoms with Crippen molar-refractivity contribution < 1.29 is 28.5 Å². The Morgan fingerprint density at radius 3 is 1.73 bits per heavy atom. The molecule has 0 spiro atoms. The zero-order chi connectivity index (χ0) is 19.8. The normalized spacial score (nSPS) is 11.6. The molecule has 154 valence electrons. The van der Waals surface area contributed by atoms with Gasteiger partial charge in [-0.2, -0.15) is 0 Å². The van der Waals surface area contributed by atoms with Crippen molar-refractivity contribution in [3.05, 3.63) is 0 Å². The highest BCUT2D eigenvalue weighted by Crippen LogP contribution is 2.11. The summed E-state index contributed by atoms with van der Waals surface area (Å²) in [7, 11) is 0. The topological polar surface area (TPSA) is 95.1 Å². The van der Waals surface area contributed by atoms with Gasteiger partial charge >= 0.3 is 0 Å². The van der Waals surface area contributed by atoms with Crippen LogP contribution in [0.15, 0.2) is 0 Å². The lowest BCUT2D eigenvalue weighted by Gasteiger charge is -2.17. The van der Waals surface area contributed by atoms with E-state index in [1.807, 2.05) is 34.6 Å². The van der Waals surface area contributed by atoms with Crippen LogP contribution in [-0.4, -0.2) is 77.3 Å². The minimum atomic E-state index is -0.380. The van der Waals surface area contributed by atoms with E-state index in [1.165, 1.54) is 0 Å². The van der Waals surface area contributed by atoms with Crippen LogP contribution >= 0.6 is 0 Å². The molecule has 8 heteroatoms. The van der Waals surface area contributed by atoms with Crippen molar-refractivity contribution in [2.45, 2.75) is 40.7 Å². The summed E-state index contributed by atoms with van der Waals surface area (Å²) in [6.07, 6.45) is 0. The molecule has 0 aliphatic carbocycles. The average molecular weight is 376 g/mol. The lowest BCUT2D eigenvalue weighted by molar-refractivity contribution is -0.129. The highest BCUT2D eigenvalue weighted by atomic mass is 16.6. The van der Waals surface area contributed by atoms with E-state index in [9.17, 15) is 9.59 Å². The second kappa shape index (κ2) is 14.9. The van der Waals surface area contributed by atoms with Crippen molar-refractivity contribution in [1.82, 2.24) is 10.6 Å². The number of nitrogens with one attached hydrogen (secondary N) is 2. The first kappa shape index (κ1) is 24.8. The van der Waals surface area contributed by atoms with Gasteiger partial charge in [-0.1, -0.05) is 20.8 Å². The Balaban J connectivity index is 3.23. The molecule has 0 aromatic carbocycles. The van der Waals surface area contributed by atoms with Gasteiger partial charge in [0.15, 0.2) is 0 Å². The fourth-order valence-corrected chi connectivity index (χ4v) is 1.69. The predicted octanol–water partition coefficient (Wildman–Crippen LogP) is 0.740. The van der Waals surface area contributed by atoms with Gasteiger partial charge in [0.25, 0.3) is 0 Å². The fourth-order valence-electron chi connectivity index (χ4n) is 1.69. The highest BCUT2D eigenvalue weighted by molar-refractivity contribution is 5.81. The monoisotopic (exact) mass is 376 g/mol. The molecular formula is C18H36N2O6. The molecule has 2 N–H and O–H groups in total. The van der Waals surface area contributed by atoms with Gasteiger partial charge in [0.2, 0.25) is 11.8 Å². The van der Waals surface area contributed by atoms with E-state index in [0.29, 0.717) is 52.8 Å². The van der Waals surface area contributed by atoms with Gasteiger partial charge in [-0.15, -0.1) is 0 Å². The van der Waals surface area contributed by atoms with E-state index in [-0.39, 0.29) is 29.9 Å². The van der Waals surface area contributed by atoms with E-state index >= 15 is 0 Å². The van der Waals surface area contributed by atoms with Crippen LogP contribution in [-0.2, 0) is 28.5 Å². The van der Waals surface area contributed by atoms with E-state index < -0.39 is 0 Å². The van der Waals surface area contributed by atoms with Gasteiger partial charge in [0.05, 0.1) is 46.2 Å². The molecule has 0 aromatic heterocycles. The van der Waals surface area contributed by atoms with Crippen LogP contribution in [0.5, 0.6) is 0 Å². The predicted molar refractivity (Wildman–Crippen MR) is 99.0 cm³/mol. The molecule has 0 saturated carbocycles. The van der Waals surface area contributed by atoms with Gasteiger partial charge in [-0.25, -0.2) is 0 Å². The molecular weight excluding hydrogens is 340 g/mol. The van der Waals surface area contributed by atoms with E-state index in [0.717, 1.165) is 0 Å². The SMILES string of the molecule is CC(C)NC(=O)COCCOCCOCCOCCNC(=O)C(C)(C)C. The first-order valence-electron chi connectivity index (χ1n) is 9.12. The molecule has 0 aliphatic heterocycles. The second-order valence-electron chi connectivity index (χ2n) is 7.12. The summed E-state index contributed by atoms with van der Waals surface area (Å²) in [4.78, 5) is 22.9. The standard InChI is InChI=1S/C18H36N2O6/c1-15(2)20-16(21)14-26-13-12-25-11-10-24-9-8-23-7-6-19-17(22)18(3,4)5/h15H,6-14H2,1-5H3,(H,19,22)(H,20,21). The van der Waals surface area contributed by atoms with Gasteiger partial charge in [0.1, 0.15) is 6.61 Å². The molecule has 0 radical (unpaired) electrons. The molecule has 0 rings (SSSR count). The highest BCUT2D eigenvalue weighted by Gasteiger charge is 2.20. The molecule has 0 heterocycles. The number of carbonyl (C=O) groups is 2. The average Bonchev–Trinajstić information content (AvgIpc) is 2.53. The largest absolute Gasteiger partial charge is 0.377 e. The number of ether oxygens (including phenoxy) is 4. The van der Waals surface area contributed by atoms with Gasteiger partial charge in [-0.05, 0) is 13.8 Å². The first-order valence-corrected chi connectivity index (χ1v) is 9.12. The molecule has 26 heavy (non-hydrogen) atoms. The molecule has 0 fully saturated rings. The summed E-state index contributed by atoms with van der Waals surface area (Å²) in [5.74, 6) is -0.111. The van der Waals surface area contributed by atoms with Gasteiger partial charge in [0, 0.05) is 18.0 Å². The Labute approximate surface area is 157 Å². The molecule has 0 saturated heterocycles. The third kappa shape index (κ3) is 16.3. The quantitative estimate of drug-likeness (QED) is 0.409. The van der Waals surface area contributed by atoms with Crippen LogP contribution in [0, 0.1) is 5.41 Å². The summed E-state index contributed by atoms with van der Waals surface area (Å²) in [5, 5.41) is 5.55. The van der Waals surface area contributed by atoms with Crippen LogP contribution in [0.1, 0.15) is 34.6 Å². The van der Waals surface area contributed by atoms with E-state index in [1.54, 1.807) is 0 Å². The van der Waals surface area contributed by atoms with Crippen LogP contribution < -0.4 is 10.6 Å². The van der Waals surface area contributed by atoms with Crippen LogP contribution in [0.25, 0.3) is 0 Å². The Morgan fingerprint density at radius 1 is 0.808 bits per heavy atom. The van der Waals surface area contributed by atoms with Crippen molar-refractivity contribution in [1.29, 1.82) is 0 Å². The van der Waals surface area contributed by atoms with E-state index in [2.05, 4.69) is 10.6 Å². The maximum atomic E-state index is 11.6. The van der Waals surface area contributed by atoms with Crippen molar-refractivity contribution in [2.24, 2.45) is 5.41 Å². The van der Waals surface area contributed by atoms with Gasteiger partial charge < -0.3 is 29.6 Å². The molecule has 0 bridgehead atoms. The van der Waals surface area contributed by atoms with Crippen molar-refractivity contribution in [2.75, 3.05) is 59.4 Å². The Morgan fingerprint density at radius 2 is 1.27 bits per heavy atom. The smallest absolute Gasteiger partial charge is 0.246 e. The lowest BCUT2D eigenvalue weighted by atomic mass is 9.96. The third-order valence-electron chi connectivity index (χ3n) is 3.01. The van der Waals surface area contributed by atoms with E-state index in [4.69, 9.17) is 18.9 Å². The lowest BCUT2D eigenvalue weighted by Crippen LogP contribution is -2.36. The molecule has 0 atom stereocenters. The summed E-state index contributed by atoms with van der Waals surface area (Å²) in [6.45, 7) is 13.1. The maximum Gasteiger partial charge on any atom is 0.246 e. The number of hydrogen-bond acceptors (Lipinski definition) is 6. The molecule has 2 amide bonds. The minimum absolute atomic E-state index is 0.0130. The summed E-state index contributed by atoms with van der Waals surface area (Å²) < 4.78 is 21.2. The minimum Gasteiger partial charge on any atom is -0.377 e. The summed E-state index contributed by atoms with van der Waals surface area (Å²) in [6, 6.07) is 0.116. The Kier molecular flexibility index (Phi) is 14.2. The Bertz CT molecular complexity index is 382. The van der Waals surface area contributed by atoms with Gasteiger partial charge in [-0.3, -0.25) is 9.59 Å². The maximum absolute atomic E-state index is 11.6. The number of carbonyl (C=O) groups excluding carboxylic acids is 2. The van der Waals surface area contributed by atoms with Crippen LogP contribution in [0.4, 0.5) is 0 Å². The summed E-state index contributed by atoms with van der Waals surface area (Å²) in [5.41, 5.74) is -0.380. The zero-order valence-corrected chi connectivity index (χ0v) is 16.9. The summed E-state index contributed by atoms with van der Waals surface area (Å²) >= 11 is 0. The number of rotatable bonds is 15. The molecule has 8 nitrogen and oxygen atoms in total. The van der Waals surface area contributed by atoms with Crippen LogP contribution in [0.2, 0.25) is 0 Å². The Hall–Kier alpha value is -1.22. The third-order valence-corrected chi connectivity index (χ3v) is 3.01. The molecule has 0 aromatic rings. The number of hydrogen-bond donors (Lipinski definition) is 2. The zero-order valence-electron chi connectivity index (χ0n) is 16.9. The van der Waals surface area contributed by atoms with Crippen molar-refractivity contribution >= 4 is 11.8 Å². The first-order chi connectivity index (χ1) is 12.2. The molecule has 0 aliphatic rings. The van der Waals surface area contributed by atoms with Crippen LogP contribution in [0.3, 0.4) is 0 Å². The fraction of sp³-hybridized carbons (Fsp3) is 0.889. The second-order valence-corrected chi connectivity index (χ2v) is 7.12. The van der Waals surface area contributed by atoms with Crippen molar-refractivity contribution in [3.8, 4) is 0 Å². The van der Waals surface area contributed by atoms with Crippen molar-refractivity contribution in [3.63, 3.8) is 0 Å². The number of amides is 2. The molecule has 0 unspecified atom stereocenters.